The molecule has 0 amide bonds. The Hall–Kier alpha value is -1.61. The number of aromatic nitrogens is 2. The molecule has 0 aliphatic rings. The first-order chi connectivity index (χ1) is 5.90. The molecule has 0 aromatic carbocycles. The monoisotopic (exact) mass is 207 g/mol. The van der Waals surface area contributed by atoms with Gasteiger partial charge in [0.05, 0.1) is 0 Å². The zero-order valence-electron chi connectivity index (χ0n) is 6.11. The van der Waals surface area contributed by atoms with Gasteiger partial charge < -0.3 is 5.73 Å². The number of anilines is 1. The summed E-state index contributed by atoms with van der Waals surface area (Å²) in [6.07, 6.45) is 1.07. The van der Waals surface area contributed by atoms with Crippen molar-refractivity contribution in [1.29, 1.82) is 0 Å². The Morgan fingerprint density at radius 3 is 2.69 bits per heavy atom. The number of hydrogen-bond donors (Lipinski definition) is 2. The van der Waals surface area contributed by atoms with Crippen LogP contribution in [0, 0.1) is 0 Å². The highest BCUT2D eigenvalue weighted by atomic mass is 32.3. The number of rotatable bonds is 2. The molecule has 0 aliphatic heterocycles. The van der Waals surface area contributed by atoms with Gasteiger partial charge in [0.1, 0.15) is 5.82 Å². The Kier molecular flexibility index (Phi) is 2.21. The summed E-state index contributed by atoms with van der Waals surface area (Å²) in [4.78, 5) is 13.9. The Bertz CT molecular complexity index is 463. The van der Waals surface area contributed by atoms with Gasteiger partial charge in [0.2, 0.25) is 0 Å². The summed E-state index contributed by atoms with van der Waals surface area (Å²) in [6, 6.07) is 1.13. The van der Waals surface area contributed by atoms with Crippen LogP contribution in [0.25, 0.3) is 0 Å². The maximum absolute atomic E-state index is 10.8. The average Bonchev–Trinajstić information content (AvgIpc) is 1.95. The van der Waals surface area contributed by atoms with Gasteiger partial charge in [-0.05, 0) is 0 Å². The molecular formula is C4H5N3O5S. The van der Waals surface area contributed by atoms with Gasteiger partial charge in [0, 0.05) is 12.3 Å². The standard InChI is InChI=1S/C4H5N3O5S/c5-3-1-2-6-4(8)7(3)12-13(9,10)11/h1-2H,5H2,(H,9,10,11). The predicted octanol–water partition coefficient (Wildman–Crippen LogP) is -1.94. The summed E-state index contributed by atoms with van der Waals surface area (Å²) in [7, 11) is -4.78. The van der Waals surface area contributed by atoms with E-state index in [1.165, 1.54) is 0 Å². The summed E-state index contributed by atoms with van der Waals surface area (Å²) in [5, 5.41) is 0. The minimum absolute atomic E-state index is 0.148. The molecule has 0 unspecified atom stereocenters. The summed E-state index contributed by atoms with van der Waals surface area (Å²) >= 11 is 0. The van der Waals surface area contributed by atoms with E-state index in [0.717, 1.165) is 12.3 Å². The molecule has 1 heterocycles. The Morgan fingerprint density at radius 1 is 1.62 bits per heavy atom. The molecule has 0 radical (unpaired) electrons. The van der Waals surface area contributed by atoms with Gasteiger partial charge in [-0.3, -0.25) is 8.84 Å². The fourth-order valence-electron chi connectivity index (χ4n) is 0.577. The number of hydrogen-bond acceptors (Lipinski definition) is 6. The molecule has 3 N–H and O–H groups in total. The summed E-state index contributed by atoms with van der Waals surface area (Å²) in [6.45, 7) is 0. The summed E-state index contributed by atoms with van der Waals surface area (Å²) in [5.41, 5.74) is 4.11. The van der Waals surface area contributed by atoms with Crippen LogP contribution in [0.4, 0.5) is 5.82 Å². The Balaban J connectivity index is 3.23. The van der Waals surface area contributed by atoms with E-state index in [0.29, 0.717) is 0 Å². The second kappa shape index (κ2) is 3.03. The minimum atomic E-state index is -4.78. The van der Waals surface area contributed by atoms with Crippen LogP contribution in [0.5, 0.6) is 0 Å². The molecule has 8 nitrogen and oxygen atoms in total. The largest absolute Gasteiger partial charge is 0.465 e. The second-order valence-corrected chi connectivity index (χ2v) is 2.95. The molecule has 0 saturated carbocycles. The lowest BCUT2D eigenvalue weighted by Gasteiger charge is -2.04. The van der Waals surface area contributed by atoms with Crippen LogP contribution in [0.1, 0.15) is 0 Å². The van der Waals surface area contributed by atoms with Crippen LogP contribution in [-0.4, -0.2) is 22.7 Å². The number of nitrogens with two attached hydrogens (primary N) is 1. The zero-order valence-corrected chi connectivity index (χ0v) is 6.93. The molecule has 9 heteroatoms. The highest BCUT2D eigenvalue weighted by molar-refractivity contribution is 7.81. The Labute approximate surface area is 72.5 Å². The van der Waals surface area contributed by atoms with Crippen molar-refractivity contribution in [3.05, 3.63) is 22.7 Å². The van der Waals surface area contributed by atoms with Gasteiger partial charge in [-0.15, -0.1) is 0 Å². The first-order valence-corrected chi connectivity index (χ1v) is 4.27. The topological polar surface area (TPSA) is 125 Å². The van der Waals surface area contributed by atoms with Crippen LogP contribution in [-0.2, 0) is 10.4 Å². The maximum Gasteiger partial charge on any atom is 0.465 e. The molecule has 72 valence electrons. The first-order valence-electron chi connectivity index (χ1n) is 2.91. The smallest absolute Gasteiger partial charge is 0.382 e. The highest BCUT2D eigenvalue weighted by Crippen LogP contribution is 1.93. The van der Waals surface area contributed by atoms with E-state index in [9.17, 15) is 13.2 Å². The van der Waals surface area contributed by atoms with Gasteiger partial charge in [-0.1, -0.05) is 4.73 Å². The average molecular weight is 207 g/mol. The third-order valence-electron chi connectivity index (χ3n) is 1.01. The predicted molar refractivity (Wildman–Crippen MR) is 41.0 cm³/mol. The molecule has 0 fully saturated rings. The van der Waals surface area contributed by atoms with E-state index < -0.39 is 16.1 Å². The third-order valence-corrected chi connectivity index (χ3v) is 1.34. The highest BCUT2D eigenvalue weighted by Gasteiger charge is 2.10. The molecule has 13 heavy (non-hydrogen) atoms. The lowest BCUT2D eigenvalue weighted by atomic mass is 10.6. The quantitative estimate of drug-likeness (QED) is 0.540. The van der Waals surface area contributed by atoms with Crippen LogP contribution in [0.3, 0.4) is 0 Å². The van der Waals surface area contributed by atoms with Gasteiger partial charge in [0.15, 0.2) is 0 Å². The zero-order chi connectivity index (χ0) is 10.1. The molecule has 0 aliphatic carbocycles. The molecule has 0 bridgehead atoms. The first kappa shape index (κ1) is 9.48. The van der Waals surface area contributed by atoms with Crippen LogP contribution in [0.15, 0.2) is 17.1 Å². The van der Waals surface area contributed by atoms with E-state index in [1.807, 2.05) is 0 Å². The van der Waals surface area contributed by atoms with Gasteiger partial charge in [-0.2, -0.15) is 13.4 Å². The third kappa shape index (κ3) is 2.42. The molecule has 0 saturated heterocycles. The van der Waals surface area contributed by atoms with Gasteiger partial charge in [-0.25, -0.2) is 4.79 Å². The van der Waals surface area contributed by atoms with Gasteiger partial charge in [0.25, 0.3) is 0 Å². The van der Waals surface area contributed by atoms with E-state index in [1.54, 1.807) is 0 Å². The van der Waals surface area contributed by atoms with Crippen molar-refractivity contribution in [1.82, 2.24) is 9.71 Å². The fraction of sp³-hybridized carbons (Fsp3) is 0. The lowest BCUT2D eigenvalue weighted by molar-refractivity contribution is 0.231. The van der Waals surface area contributed by atoms with Crippen molar-refractivity contribution in [3.8, 4) is 0 Å². The Morgan fingerprint density at radius 2 is 2.23 bits per heavy atom. The number of nitrogen functional groups attached to an aromatic ring is 1. The van der Waals surface area contributed by atoms with Crippen LogP contribution >= 0.6 is 0 Å². The minimum Gasteiger partial charge on any atom is -0.382 e. The van der Waals surface area contributed by atoms with E-state index in [2.05, 4.69) is 9.27 Å². The molecule has 1 aromatic heterocycles. The summed E-state index contributed by atoms with van der Waals surface area (Å²) in [5.74, 6) is -0.294. The van der Waals surface area contributed by atoms with E-state index in [-0.39, 0.29) is 10.5 Å². The second-order valence-electron chi connectivity index (χ2n) is 1.95. The van der Waals surface area contributed by atoms with Crippen LogP contribution < -0.4 is 15.7 Å². The van der Waals surface area contributed by atoms with Crippen molar-refractivity contribution < 1.29 is 17.3 Å². The van der Waals surface area contributed by atoms with Gasteiger partial charge >= 0.3 is 16.1 Å². The van der Waals surface area contributed by atoms with Crippen LogP contribution in [0.2, 0.25) is 0 Å². The van der Waals surface area contributed by atoms with Crippen molar-refractivity contribution in [2.75, 3.05) is 5.73 Å². The van der Waals surface area contributed by atoms with Crippen molar-refractivity contribution >= 4 is 16.2 Å². The van der Waals surface area contributed by atoms with E-state index >= 15 is 0 Å². The SMILES string of the molecule is Nc1ccnc(=O)n1OS(=O)(=O)O. The summed E-state index contributed by atoms with van der Waals surface area (Å²) < 4.78 is 32.6. The van der Waals surface area contributed by atoms with Crippen molar-refractivity contribution in [2.24, 2.45) is 0 Å². The normalized spacial score (nSPS) is 11.2. The maximum atomic E-state index is 10.8. The van der Waals surface area contributed by atoms with E-state index in [4.69, 9.17) is 10.3 Å². The molecule has 1 aromatic rings. The molecule has 0 spiro atoms. The number of nitrogens with zero attached hydrogens (tertiary/aromatic N) is 2. The van der Waals surface area contributed by atoms with Crippen molar-refractivity contribution in [3.63, 3.8) is 0 Å². The fourth-order valence-corrected chi connectivity index (χ4v) is 0.915. The van der Waals surface area contributed by atoms with Crippen molar-refractivity contribution in [2.45, 2.75) is 0 Å². The molecule has 0 atom stereocenters. The molecular weight excluding hydrogens is 202 g/mol. The lowest BCUT2D eigenvalue weighted by Crippen LogP contribution is -2.33. The molecule has 1 rings (SSSR count).